The van der Waals surface area contributed by atoms with E-state index < -0.39 is 0 Å². The number of amides is 2. The lowest BCUT2D eigenvalue weighted by atomic mass is 10.0. The maximum Gasteiger partial charge on any atom is 0.270 e. The summed E-state index contributed by atoms with van der Waals surface area (Å²) in [7, 11) is 0. The lowest BCUT2D eigenvalue weighted by molar-refractivity contribution is -0.133. The minimum atomic E-state index is -0.310. The quantitative estimate of drug-likeness (QED) is 0.791. The van der Waals surface area contributed by atoms with E-state index in [1.54, 1.807) is 24.4 Å². The molecule has 0 saturated carbocycles. The first-order valence-corrected chi connectivity index (χ1v) is 7.91. The summed E-state index contributed by atoms with van der Waals surface area (Å²) < 4.78 is 0. The number of pyridine rings is 1. The van der Waals surface area contributed by atoms with Gasteiger partial charge in [-0.2, -0.15) is 0 Å². The first-order chi connectivity index (χ1) is 10.7. The minimum absolute atomic E-state index is 0. The van der Waals surface area contributed by atoms with Crippen molar-refractivity contribution in [2.24, 2.45) is 0 Å². The van der Waals surface area contributed by atoms with Crippen LogP contribution in [0, 0.1) is 0 Å². The molecule has 1 aromatic rings. The zero-order valence-electron chi connectivity index (χ0n) is 13.9. The van der Waals surface area contributed by atoms with Crippen molar-refractivity contribution < 1.29 is 9.59 Å². The number of piperidine rings is 1. The second-order valence-corrected chi connectivity index (χ2v) is 5.47. The van der Waals surface area contributed by atoms with Gasteiger partial charge in [0.25, 0.3) is 5.91 Å². The van der Waals surface area contributed by atoms with Crippen LogP contribution in [0.3, 0.4) is 0 Å². The third kappa shape index (κ3) is 6.63. The number of hydrogen-bond donors (Lipinski definition) is 2. The van der Waals surface area contributed by atoms with Gasteiger partial charge >= 0.3 is 0 Å². The van der Waals surface area contributed by atoms with Crippen molar-refractivity contribution in [1.29, 1.82) is 0 Å². The molecule has 8 heteroatoms. The molecular weight excluding hydrogens is 351 g/mol. The van der Waals surface area contributed by atoms with Gasteiger partial charge in [-0.25, -0.2) is 0 Å². The van der Waals surface area contributed by atoms with Crippen LogP contribution in [-0.2, 0) is 4.79 Å². The van der Waals surface area contributed by atoms with Gasteiger partial charge in [0.15, 0.2) is 0 Å². The highest BCUT2D eigenvalue weighted by Crippen LogP contribution is 2.12. The van der Waals surface area contributed by atoms with Crippen molar-refractivity contribution in [2.75, 3.05) is 26.2 Å². The maximum absolute atomic E-state index is 12.4. The first-order valence-electron chi connectivity index (χ1n) is 7.91. The van der Waals surface area contributed by atoms with E-state index in [9.17, 15) is 9.59 Å². The molecule has 136 valence electrons. The highest BCUT2D eigenvalue weighted by Gasteiger charge is 2.24. The molecule has 0 aliphatic carbocycles. The van der Waals surface area contributed by atoms with Crippen LogP contribution >= 0.6 is 24.8 Å². The third-order valence-electron chi connectivity index (χ3n) is 3.83. The molecule has 2 N–H and O–H groups in total. The summed E-state index contributed by atoms with van der Waals surface area (Å²) in [6, 6.07) is 5.42. The fourth-order valence-corrected chi connectivity index (χ4v) is 2.72. The van der Waals surface area contributed by atoms with Crippen molar-refractivity contribution in [3.8, 4) is 0 Å². The zero-order valence-corrected chi connectivity index (χ0v) is 15.5. The summed E-state index contributed by atoms with van der Waals surface area (Å²) in [5.41, 5.74) is 0.333. The largest absolute Gasteiger partial charge is 0.342 e. The summed E-state index contributed by atoms with van der Waals surface area (Å²) in [6.07, 6.45) is 4.43. The van der Waals surface area contributed by atoms with E-state index in [0.29, 0.717) is 5.69 Å². The third-order valence-corrected chi connectivity index (χ3v) is 3.83. The molecule has 1 saturated heterocycles. The van der Waals surface area contributed by atoms with Crippen molar-refractivity contribution in [3.63, 3.8) is 0 Å². The van der Waals surface area contributed by atoms with Gasteiger partial charge in [-0.3, -0.25) is 14.6 Å². The highest BCUT2D eigenvalue weighted by molar-refractivity contribution is 5.94. The van der Waals surface area contributed by atoms with Gasteiger partial charge in [0.1, 0.15) is 5.69 Å². The number of carbonyl (C=O) groups is 2. The Morgan fingerprint density at radius 1 is 1.29 bits per heavy atom. The Balaban J connectivity index is 0.00000264. The molecule has 0 bridgehead atoms. The highest BCUT2D eigenvalue weighted by atomic mass is 35.5. The zero-order chi connectivity index (χ0) is 15.8. The Morgan fingerprint density at radius 2 is 2.00 bits per heavy atom. The number of halogens is 2. The number of nitrogens with zero attached hydrogens (tertiary/aromatic N) is 2. The van der Waals surface area contributed by atoms with Gasteiger partial charge in [-0.15, -0.1) is 24.8 Å². The van der Waals surface area contributed by atoms with E-state index in [2.05, 4.69) is 22.5 Å². The van der Waals surface area contributed by atoms with Crippen molar-refractivity contribution in [3.05, 3.63) is 30.1 Å². The van der Waals surface area contributed by atoms with Gasteiger partial charge in [-0.05, 0) is 44.5 Å². The number of aromatic nitrogens is 1. The Bertz CT molecular complexity index is 496. The van der Waals surface area contributed by atoms with E-state index in [-0.39, 0.29) is 49.2 Å². The average Bonchev–Trinajstić information content (AvgIpc) is 2.58. The molecule has 0 unspecified atom stereocenters. The molecule has 0 spiro atoms. The molecule has 0 atom stereocenters. The summed E-state index contributed by atoms with van der Waals surface area (Å²) in [5, 5.41) is 5.97. The average molecular weight is 377 g/mol. The summed E-state index contributed by atoms with van der Waals surface area (Å²) in [6.45, 7) is 4.72. The molecule has 1 aliphatic heterocycles. The normalized spacial score (nSPS) is 14.0. The van der Waals surface area contributed by atoms with Crippen LogP contribution in [0.4, 0.5) is 0 Å². The number of carbonyl (C=O) groups excluding carboxylic acids is 2. The van der Waals surface area contributed by atoms with Gasteiger partial charge in [0.2, 0.25) is 5.91 Å². The molecule has 2 rings (SSSR count). The first kappa shape index (κ1) is 22.6. The lowest BCUT2D eigenvalue weighted by Gasteiger charge is -2.34. The fraction of sp³-hybridized carbons (Fsp3) is 0.562. The fourth-order valence-electron chi connectivity index (χ4n) is 2.72. The molecule has 1 aliphatic rings. The van der Waals surface area contributed by atoms with Crippen LogP contribution in [0.2, 0.25) is 0 Å². The molecule has 6 nitrogen and oxygen atoms in total. The number of hydrogen-bond acceptors (Lipinski definition) is 4. The van der Waals surface area contributed by atoms with Gasteiger partial charge in [0.05, 0.1) is 6.54 Å². The van der Waals surface area contributed by atoms with Crippen LogP contribution in [0.5, 0.6) is 0 Å². The second-order valence-electron chi connectivity index (χ2n) is 5.47. The predicted octanol–water partition coefficient (Wildman–Crippen LogP) is 1.65. The Labute approximate surface area is 155 Å². The number of nitrogens with one attached hydrogen (secondary N) is 2. The Morgan fingerprint density at radius 3 is 2.58 bits per heavy atom. The van der Waals surface area contributed by atoms with E-state index in [0.717, 1.165) is 38.9 Å². The SMILES string of the molecule is CCCN(C(=O)CNC(=O)c1ccccn1)C1CCNCC1.Cl.Cl. The van der Waals surface area contributed by atoms with Crippen molar-refractivity contribution in [1.82, 2.24) is 20.5 Å². The molecule has 0 radical (unpaired) electrons. The molecule has 1 fully saturated rings. The second kappa shape index (κ2) is 12.1. The van der Waals surface area contributed by atoms with Crippen LogP contribution in [0.1, 0.15) is 36.7 Å². The van der Waals surface area contributed by atoms with Crippen molar-refractivity contribution in [2.45, 2.75) is 32.2 Å². The molecule has 2 heterocycles. The topological polar surface area (TPSA) is 74.3 Å². The van der Waals surface area contributed by atoms with E-state index in [1.807, 2.05) is 4.90 Å². The summed E-state index contributed by atoms with van der Waals surface area (Å²) >= 11 is 0. The minimum Gasteiger partial charge on any atom is -0.342 e. The van der Waals surface area contributed by atoms with E-state index in [4.69, 9.17) is 0 Å². The van der Waals surface area contributed by atoms with Crippen LogP contribution in [0.25, 0.3) is 0 Å². The molecule has 1 aromatic heterocycles. The Hall–Kier alpha value is -1.37. The van der Waals surface area contributed by atoms with Crippen LogP contribution in [-0.4, -0.2) is 53.9 Å². The predicted molar refractivity (Wildman–Crippen MR) is 99.0 cm³/mol. The van der Waals surface area contributed by atoms with E-state index >= 15 is 0 Å². The van der Waals surface area contributed by atoms with Gasteiger partial charge in [-0.1, -0.05) is 13.0 Å². The lowest BCUT2D eigenvalue weighted by Crippen LogP contribution is -2.49. The molecule has 24 heavy (non-hydrogen) atoms. The standard InChI is InChI=1S/C16H24N4O2.2ClH/c1-2-11-20(13-6-9-17-10-7-13)15(21)12-19-16(22)14-5-3-4-8-18-14;;/h3-5,8,13,17H,2,6-7,9-12H2,1H3,(H,19,22);2*1H. The summed E-state index contributed by atoms with van der Waals surface area (Å²) in [5.74, 6) is -0.325. The number of rotatable bonds is 6. The van der Waals surface area contributed by atoms with Crippen LogP contribution in [0.15, 0.2) is 24.4 Å². The maximum atomic E-state index is 12.4. The molecular formula is C16H26Cl2N4O2. The molecule has 2 amide bonds. The van der Waals surface area contributed by atoms with Crippen molar-refractivity contribution >= 4 is 36.6 Å². The smallest absolute Gasteiger partial charge is 0.270 e. The van der Waals surface area contributed by atoms with Gasteiger partial charge < -0.3 is 15.5 Å². The van der Waals surface area contributed by atoms with E-state index in [1.165, 1.54) is 0 Å². The van der Waals surface area contributed by atoms with Crippen LogP contribution < -0.4 is 10.6 Å². The summed E-state index contributed by atoms with van der Waals surface area (Å²) in [4.78, 5) is 30.3. The van der Waals surface area contributed by atoms with Gasteiger partial charge in [0, 0.05) is 18.8 Å². The monoisotopic (exact) mass is 376 g/mol. The Kier molecular flexibility index (Phi) is 11.4. The molecule has 0 aromatic carbocycles.